The zero-order chi connectivity index (χ0) is 16.2. The van der Waals surface area contributed by atoms with E-state index in [1.54, 1.807) is 6.33 Å². The number of piperidine rings is 1. The van der Waals surface area contributed by atoms with E-state index < -0.39 is 0 Å². The van der Waals surface area contributed by atoms with E-state index in [0.29, 0.717) is 24.8 Å². The summed E-state index contributed by atoms with van der Waals surface area (Å²) < 4.78 is 0. The maximum atomic E-state index is 12.4. The summed E-state index contributed by atoms with van der Waals surface area (Å²) in [5.74, 6) is 2.22. The smallest absolute Gasteiger partial charge is 0.224 e. The van der Waals surface area contributed by atoms with Crippen LogP contribution in [0.25, 0.3) is 10.9 Å². The summed E-state index contributed by atoms with van der Waals surface area (Å²) in [5.41, 5.74) is 0.912. The van der Waals surface area contributed by atoms with Gasteiger partial charge in [0.1, 0.15) is 12.1 Å². The number of carbonyl (C=O) groups excluding carboxylic acids is 1. The Morgan fingerprint density at radius 3 is 2.74 bits per heavy atom. The highest BCUT2D eigenvalue weighted by Gasteiger charge is 2.24. The fourth-order valence-corrected chi connectivity index (χ4v) is 3.46. The lowest BCUT2D eigenvalue weighted by molar-refractivity contribution is -0.133. The van der Waals surface area contributed by atoms with E-state index in [0.717, 1.165) is 29.8 Å². The van der Waals surface area contributed by atoms with Gasteiger partial charge in [-0.3, -0.25) is 4.79 Å². The molecule has 1 saturated heterocycles. The number of benzene rings is 1. The van der Waals surface area contributed by atoms with Crippen molar-refractivity contribution >= 4 is 22.6 Å². The van der Waals surface area contributed by atoms with Gasteiger partial charge in [-0.25, -0.2) is 9.97 Å². The molecule has 1 aliphatic heterocycles. The number of hydrogen-bond acceptors (Lipinski definition) is 4. The predicted molar refractivity (Wildman–Crippen MR) is 92.2 cm³/mol. The Labute approximate surface area is 137 Å². The van der Waals surface area contributed by atoms with E-state index in [9.17, 15) is 4.79 Å². The van der Waals surface area contributed by atoms with Gasteiger partial charge in [0.2, 0.25) is 5.91 Å². The molecule has 2 aromatic rings. The Hall–Kier alpha value is -2.17. The number of aromatic nitrogens is 2. The highest BCUT2D eigenvalue weighted by atomic mass is 16.2. The normalized spacial score (nSPS) is 21.4. The Balaban J connectivity index is 1.57. The number of para-hydroxylation sites is 1. The first-order chi connectivity index (χ1) is 11.1. The van der Waals surface area contributed by atoms with Crippen LogP contribution in [0.3, 0.4) is 0 Å². The van der Waals surface area contributed by atoms with Gasteiger partial charge in [0.25, 0.3) is 0 Å². The topological polar surface area (TPSA) is 58.1 Å². The van der Waals surface area contributed by atoms with Gasteiger partial charge >= 0.3 is 0 Å². The van der Waals surface area contributed by atoms with Crippen molar-refractivity contribution in [1.29, 1.82) is 0 Å². The maximum absolute atomic E-state index is 12.4. The lowest BCUT2D eigenvalue weighted by atomic mass is 9.92. The van der Waals surface area contributed by atoms with Crippen LogP contribution in [0.2, 0.25) is 0 Å². The van der Waals surface area contributed by atoms with Crippen LogP contribution in [0.4, 0.5) is 5.82 Å². The number of nitrogens with one attached hydrogen (secondary N) is 1. The van der Waals surface area contributed by atoms with Crippen LogP contribution < -0.4 is 5.32 Å². The van der Waals surface area contributed by atoms with E-state index in [2.05, 4.69) is 29.1 Å². The highest BCUT2D eigenvalue weighted by Crippen LogP contribution is 2.22. The molecule has 3 rings (SSSR count). The summed E-state index contributed by atoms with van der Waals surface area (Å²) in [6, 6.07) is 7.89. The Morgan fingerprint density at radius 1 is 1.22 bits per heavy atom. The number of anilines is 1. The first-order valence-corrected chi connectivity index (χ1v) is 8.35. The maximum Gasteiger partial charge on any atom is 0.224 e. The molecular weight excluding hydrogens is 288 g/mol. The molecule has 2 atom stereocenters. The van der Waals surface area contributed by atoms with Crippen LogP contribution in [0.5, 0.6) is 0 Å². The molecule has 122 valence electrons. The van der Waals surface area contributed by atoms with Gasteiger partial charge < -0.3 is 10.2 Å². The molecule has 0 radical (unpaired) electrons. The SMILES string of the molecule is CC1CC(C)CN(C(=O)CCNc2ncnc3ccccc23)C1. The minimum Gasteiger partial charge on any atom is -0.369 e. The number of likely N-dealkylation sites (tertiary alicyclic amines) is 1. The van der Waals surface area contributed by atoms with Crippen LogP contribution in [-0.4, -0.2) is 40.4 Å². The Bertz CT molecular complexity index is 672. The van der Waals surface area contributed by atoms with Crippen molar-refractivity contribution in [2.45, 2.75) is 26.7 Å². The van der Waals surface area contributed by atoms with Gasteiger partial charge in [0, 0.05) is 31.4 Å². The molecule has 1 amide bonds. The molecule has 0 bridgehead atoms. The molecule has 1 N–H and O–H groups in total. The molecule has 0 saturated carbocycles. The third-order valence-corrected chi connectivity index (χ3v) is 4.40. The van der Waals surface area contributed by atoms with E-state index in [1.165, 1.54) is 6.42 Å². The molecule has 5 heteroatoms. The van der Waals surface area contributed by atoms with Crippen molar-refractivity contribution in [2.75, 3.05) is 25.0 Å². The summed E-state index contributed by atoms with van der Waals surface area (Å²) >= 11 is 0. The van der Waals surface area contributed by atoms with E-state index >= 15 is 0 Å². The number of fused-ring (bicyclic) bond motifs is 1. The minimum atomic E-state index is 0.231. The lowest BCUT2D eigenvalue weighted by Crippen LogP contribution is -2.43. The number of carbonyl (C=O) groups is 1. The van der Waals surface area contributed by atoms with Crippen molar-refractivity contribution in [3.63, 3.8) is 0 Å². The van der Waals surface area contributed by atoms with E-state index in [-0.39, 0.29) is 5.91 Å². The lowest BCUT2D eigenvalue weighted by Gasteiger charge is -2.35. The van der Waals surface area contributed by atoms with Gasteiger partial charge in [-0.2, -0.15) is 0 Å². The highest BCUT2D eigenvalue weighted by molar-refractivity contribution is 5.88. The summed E-state index contributed by atoms with van der Waals surface area (Å²) in [5, 5.41) is 4.27. The zero-order valence-corrected chi connectivity index (χ0v) is 13.8. The summed E-state index contributed by atoms with van der Waals surface area (Å²) in [6.45, 7) is 6.82. The second-order valence-corrected chi connectivity index (χ2v) is 6.66. The largest absolute Gasteiger partial charge is 0.369 e. The molecule has 5 nitrogen and oxygen atoms in total. The molecule has 1 aliphatic rings. The van der Waals surface area contributed by atoms with E-state index in [4.69, 9.17) is 0 Å². The third-order valence-electron chi connectivity index (χ3n) is 4.40. The second-order valence-electron chi connectivity index (χ2n) is 6.66. The summed E-state index contributed by atoms with van der Waals surface area (Å²) in [6.07, 6.45) is 3.27. The van der Waals surface area contributed by atoms with Crippen LogP contribution in [0.1, 0.15) is 26.7 Å². The predicted octanol–water partition coefficient (Wildman–Crippen LogP) is 2.94. The summed E-state index contributed by atoms with van der Waals surface area (Å²) in [7, 11) is 0. The molecule has 1 aromatic carbocycles. The van der Waals surface area contributed by atoms with Crippen molar-refractivity contribution in [1.82, 2.24) is 14.9 Å². The van der Waals surface area contributed by atoms with Gasteiger partial charge in [-0.1, -0.05) is 26.0 Å². The van der Waals surface area contributed by atoms with Crippen LogP contribution in [0, 0.1) is 11.8 Å². The molecule has 2 unspecified atom stereocenters. The van der Waals surface area contributed by atoms with Gasteiger partial charge in [0.05, 0.1) is 5.52 Å². The average Bonchev–Trinajstić information content (AvgIpc) is 2.54. The van der Waals surface area contributed by atoms with Crippen molar-refractivity contribution in [3.05, 3.63) is 30.6 Å². The second kappa shape index (κ2) is 6.94. The minimum absolute atomic E-state index is 0.231. The van der Waals surface area contributed by atoms with Gasteiger partial charge in [-0.15, -0.1) is 0 Å². The van der Waals surface area contributed by atoms with Gasteiger partial charge in [-0.05, 0) is 30.4 Å². The quantitative estimate of drug-likeness (QED) is 0.943. The number of amides is 1. The molecule has 2 heterocycles. The average molecular weight is 312 g/mol. The van der Waals surface area contributed by atoms with Crippen molar-refractivity contribution in [3.8, 4) is 0 Å². The van der Waals surface area contributed by atoms with Crippen LogP contribution in [-0.2, 0) is 4.79 Å². The first-order valence-electron chi connectivity index (χ1n) is 8.35. The monoisotopic (exact) mass is 312 g/mol. The Kier molecular flexibility index (Phi) is 4.74. The molecule has 1 fully saturated rings. The molecular formula is C18H24N4O. The molecule has 0 spiro atoms. The molecule has 0 aliphatic carbocycles. The Morgan fingerprint density at radius 2 is 1.96 bits per heavy atom. The van der Waals surface area contributed by atoms with Crippen LogP contribution in [0.15, 0.2) is 30.6 Å². The fourth-order valence-electron chi connectivity index (χ4n) is 3.46. The standard InChI is InChI=1S/C18H24N4O/c1-13-9-14(2)11-22(10-13)17(23)7-8-19-18-15-5-3-4-6-16(15)20-12-21-18/h3-6,12-14H,7-11H2,1-2H3,(H,19,20,21). The van der Waals surface area contributed by atoms with Gasteiger partial charge in [0.15, 0.2) is 0 Å². The first kappa shape index (κ1) is 15.7. The zero-order valence-electron chi connectivity index (χ0n) is 13.8. The number of hydrogen-bond donors (Lipinski definition) is 1. The van der Waals surface area contributed by atoms with Crippen LogP contribution >= 0.6 is 0 Å². The summed E-state index contributed by atoms with van der Waals surface area (Å²) in [4.78, 5) is 23.0. The third kappa shape index (κ3) is 3.78. The van der Waals surface area contributed by atoms with Crippen molar-refractivity contribution in [2.24, 2.45) is 11.8 Å². The molecule has 1 aromatic heterocycles. The number of nitrogens with zero attached hydrogens (tertiary/aromatic N) is 3. The van der Waals surface area contributed by atoms with E-state index in [1.807, 2.05) is 29.2 Å². The molecule has 23 heavy (non-hydrogen) atoms. The van der Waals surface area contributed by atoms with Crippen molar-refractivity contribution < 1.29 is 4.79 Å². The number of rotatable bonds is 4. The fraction of sp³-hybridized carbons (Fsp3) is 0.500.